The minimum atomic E-state index is -1.64. The van der Waals surface area contributed by atoms with Crippen LogP contribution in [0.3, 0.4) is 0 Å². The molecule has 0 aliphatic carbocycles. The fourth-order valence-electron chi connectivity index (χ4n) is 4.96. The van der Waals surface area contributed by atoms with Crippen LogP contribution in [0.2, 0.25) is 0 Å². The van der Waals surface area contributed by atoms with Gasteiger partial charge in [0, 0.05) is 30.2 Å². The Labute approximate surface area is 228 Å². The second-order valence-corrected chi connectivity index (χ2v) is 10.2. The van der Waals surface area contributed by atoms with E-state index < -0.39 is 7.12 Å². The molecule has 10 heteroatoms. The van der Waals surface area contributed by atoms with E-state index in [0.29, 0.717) is 16.7 Å². The number of carbonyl (C=O) groups excluding carboxylic acids is 1. The highest BCUT2D eigenvalue weighted by Gasteiger charge is 2.23. The average molecular weight is 525 g/mol. The molecule has 1 saturated heterocycles. The number of rotatable bonds is 6. The number of anilines is 1. The fourth-order valence-corrected chi connectivity index (χ4v) is 4.96. The lowest BCUT2D eigenvalue weighted by Gasteiger charge is -2.36. The van der Waals surface area contributed by atoms with E-state index in [-0.39, 0.29) is 24.7 Å². The quantitative estimate of drug-likeness (QED) is 0.329. The number of ether oxygens (including phenoxy) is 1. The number of nitrogens with zero attached hydrogens (tertiary/aromatic N) is 4. The maximum atomic E-state index is 12.8. The summed E-state index contributed by atoms with van der Waals surface area (Å²) in [5, 5.41) is 23.0. The van der Waals surface area contributed by atoms with Crippen LogP contribution in [0, 0.1) is 13.8 Å². The molecule has 0 saturated carbocycles. The first-order chi connectivity index (χ1) is 18.7. The Bertz CT molecular complexity index is 1520. The SMILES string of the molecule is Cc1cc(C(=O)NCc2cc3nc(-c4cccc(N5C[C@@H](C)O[C@@H](C)C5)n4)ccc3cn2)cc(B(O)O)c1C. The molecule has 3 N–H and O–H groups in total. The molecular weight excluding hydrogens is 493 g/mol. The molecule has 5 rings (SSSR count). The van der Waals surface area contributed by atoms with Gasteiger partial charge < -0.3 is 25.0 Å². The summed E-state index contributed by atoms with van der Waals surface area (Å²) < 4.78 is 5.86. The Kier molecular flexibility index (Phi) is 7.61. The third-order valence-electron chi connectivity index (χ3n) is 7.05. The van der Waals surface area contributed by atoms with Crippen LogP contribution >= 0.6 is 0 Å². The number of amides is 1. The Morgan fingerprint density at radius 3 is 2.54 bits per heavy atom. The van der Waals surface area contributed by atoms with Gasteiger partial charge >= 0.3 is 7.12 Å². The molecule has 3 aromatic heterocycles. The molecule has 0 unspecified atom stereocenters. The molecule has 1 aromatic carbocycles. The number of carbonyl (C=O) groups is 1. The van der Waals surface area contributed by atoms with Gasteiger partial charge in [0.2, 0.25) is 0 Å². The highest BCUT2D eigenvalue weighted by atomic mass is 16.5. The summed E-state index contributed by atoms with van der Waals surface area (Å²) in [6.45, 7) is 9.55. The molecule has 2 atom stereocenters. The third-order valence-corrected chi connectivity index (χ3v) is 7.05. The van der Waals surface area contributed by atoms with Gasteiger partial charge in [-0.05, 0) is 86.7 Å². The van der Waals surface area contributed by atoms with Gasteiger partial charge in [0.05, 0.1) is 41.4 Å². The van der Waals surface area contributed by atoms with E-state index in [4.69, 9.17) is 14.7 Å². The van der Waals surface area contributed by atoms with Crippen LogP contribution in [0.1, 0.15) is 41.0 Å². The molecule has 0 spiro atoms. The van der Waals surface area contributed by atoms with Crippen molar-refractivity contribution in [3.63, 3.8) is 0 Å². The zero-order chi connectivity index (χ0) is 27.7. The largest absolute Gasteiger partial charge is 0.488 e. The molecule has 1 amide bonds. The highest BCUT2D eigenvalue weighted by molar-refractivity contribution is 6.59. The van der Waals surface area contributed by atoms with E-state index in [1.54, 1.807) is 19.2 Å². The van der Waals surface area contributed by atoms with Crippen molar-refractivity contribution in [2.75, 3.05) is 18.0 Å². The van der Waals surface area contributed by atoms with Crippen molar-refractivity contribution < 1.29 is 19.6 Å². The predicted molar refractivity (Wildman–Crippen MR) is 152 cm³/mol. The van der Waals surface area contributed by atoms with Gasteiger partial charge in [0.25, 0.3) is 5.91 Å². The third kappa shape index (κ3) is 5.93. The van der Waals surface area contributed by atoms with Crippen LogP contribution in [-0.4, -0.2) is 63.3 Å². The van der Waals surface area contributed by atoms with E-state index in [1.165, 1.54) is 6.07 Å². The van der Waals surface area contributed by atoms with Crippen molar-refractivity contribution in [3.8, 4) is 11.4 Å². The van der Waals surface area contributed by atoms with Crippen LogP contribution in [0.15, 0.2) is 54.7 Å². The zero-order valence-corrected chi connectivity index (χ0v) is 22.5. The summed E-state index contributed by atoms with van der Waals surface area (Å²) in [7, 11) is -1.64. The van der Waals surface area contributed by atoms with Crippen molar-refractivity contribution in [2.45, 2.75) is 46.4 Å². The number of hydrogen-bond acceptors (Lipinski definition) is 8. The highest BCUT2D eigenvalue weighted by Crippen LogP contribution is 2.24. The molecular formula is C29H32BN5O4. The molecule has 200 valence electrons. The van der Waals surface area contributed by atoms with E-state index in [2.05, 4.69) is 29.0 Å². The predicted octanol–water partition coefficient (Wildman–Crippen LogP) is 2.53. The number of aromatic nitrogens is 3. The second kappa shape index (κ2) is 11.1. The number of pyridine rings is 3. The molecule has 1 aliphatic heterocycles. The van der Waals surface area contributed by atoms with Gasteiger partial charge in [-0.2, -0.15) is 0 Å². The van der Waals surface area contributed by atoms with E-state index in [9.17, 15) is 14.8 Å². The maximum absolute atomic E-state index is 12.8. The summed E-state index contributed by atoms with van der Waals surface area (Å²) in [5.74, 6) is 0.578. The molecule has 0 radical (unpaired) electrons. The number of hydrogen-bond donors (Lipinski definition) is 3. The minimum absolute atomic E-state index is 0.141. The van der Waals surface area contributed by atoms with Crippen molar-refractivity contribution in [3.05, 3.63) is 77.1 Å². The van der Waals surface area contributed by atoms with Gasteiger partial charge in [0.15, 0.2) is 0 Å². The van der Waals surface area contributed by atoms with Crippen molar-refractivity contribution in [2.24, 2.45) is 0 Å². The molecule has 1 aliphatic rings. The summed E-state index contributed by atoms with van der Waals surface area (Å²) in [5.41, 5.74) is 5.17. The number of fused-ring (bicyclic) bond motifs is 1. The van der Waals surface area contributed by atoms with Gasteiger partial charge in [-0.15, -0.1) is 0 Å². The first-order valence-corrected chi connectivity index (χ1v) is 13.1. The first kappa shape index (κ1) is 26.7. The smallest absolute Gasteiger partial charge is 0.423 e. The van der Waals surface area contributed by atoms with E-state index >= 15 is 0 Å². The van der Waals surface area contributed by atoms with Gasteiger partial charge in [-0.3, -0.25) is 9.78 Å². The van der Waals surface area contributed by atoms with Gasteiger partial charge in [0.1, 0.15) is 5.82 Å². The van der Waals surface area contributed by atoms with Gasteiger partial charge in [-0.25, -0.2) is 9.97 Å². The lowest BCUT2D eigenvalue weighted by Crippen LogP contribution is -2.45. The molecule has 39 heavy (non-hydrogen) atoms. The number of benzene rings is 1. The van der Waals surface area contributed by atoms with Crippen LogP contribution in [0.25, 0.3) is 22.3 Å². The van der Waals surface area contributed by atoms with Crippen LogP contribution in [-0.2, 0) is 11.3 Å². The Morgan fingerprint density at radius 1 is 1.05 bits per heavy atom. The second-order valence-electron chi connectivity index (χ2n) is 10.2. The maximum Gasteiger partial charge on any atom is 0.488 e. The van der Waals surface area contributed by atoms with Crippen LogP contribution in [0.4, 0.5) is 5.82 Å². The zero-order valence-electron chi connectivity index (χ0n) is 22.5. The number of aryl methyl sites for hydroxylation is 1. The van der Waals surface area contributed by atoms with Crippen molar-refractivity contribution >= 4 is 35.2 Å². The Hall–Kier alpha value is -3.86. The normalized spacial score (nSPS) is 17.3. The first-order valence-electron chi connectivity index (χ1n) is 13.1. The van der Waals surface area contributed by atoms with E-state index in [0.717, 1.165) is 52.3 Å². The van der Waals surface area contributed by atoms with Crippen molar-refractivity contribution in [1.82, 2.24) is 20.3 Å². The van der Waals surface area contributed by atoms with Gasteiger partial charge in [-0.1, -0.05) is 6.07 Å². The summed E-state index contributed by atoms with van der Waals surface area (Å²) in [4.78, 5) is 29.3. The van der Waals surface area contributed by atoms with Crippen LogP contribution in [0.5, 0.6) is 0 Å². The lowest BCUT2D eigenvalue weighted by molar-refractivity contribution is -0.00545. The summed E-state index contributed by atoms with van der Waals surface area (Å²) >= 11 is 0. The molecule has 4 heterocycles. The molecule has 0 bridgehead atoms. The van der Waals surface area contributed by atoms with E-state index in [1.807, 2.05) is 43.3 Å². The lowest BCUT2D eigenvalue weighted by atomic mass is 9.75. The average Bonchev–Trinajstić information content (AvgIpc) is 2.92. The fraction of sp³-hybridized carbons (Fsp3) is 0.310. The van der Waals surface area contributed by atoms with Crippen LogP contribution < -0.4 is 15.7 Å². The topological polar surface area (TPSA) is 121 Å². The van der Waals surface area contributed by atoms with Crippen molar-refractivity contribution in [1.29, 1.82) is 0 Å². The number of morpholine rings is 1. The molecule has 1 fully saturated rings. The standard InChI is InChI=1S/C29H32BN5O4/c1-17-10-22(11-24(20(17)4)30(37)38)29(36)32-14-23-12-27-21(13-31-23)8-9-26(33-27)25-6-5-7-28(34-25)35-15-18(2)39-19(3)16-35/h5-13,18-19,37-38H,14-16H2,1-4H3,(H,32,36)/t18-,19+. The summed E-state index contributed by atoms with van der Waals surface area (Å²) in [6, 6.07) is 15.0. The molecule has 9 nitrogen and oxygen atoms in total. The number of nitrogens with one attached hydrogen (secondary N) is 1. The minimum Gasteiger partial charge on any atom is -0.423 e. The molecule has 4 aromatic rings. The monoisotopic (exact) mass is 525 g/mol. The summed E-state index contributed by atoms with van der Waals surface area (Å²) in [6.07, 6.45) is 2.02. The Morgan fingerprint density at radius 2 is 1.79 bits per heavy atom. The Balaban J connectivity index is 1.34.